The van der Waals surface area contributed by atoms with Crippen molar-refractivity contribution in [2.24, 2.45) is 0 Å². The lowest BCUT2D eigenvalue weighted by Gasteiger charge is -2.03. The highest BCUT2D eigenvalue weighted by Crippen LogP contribution is 2.03. The number of aliphatic carboxylic acids is 1. The molecule has 0 radical (unpaired) electrons. The Balaban J connectivity index is 4.16. The maximum atomic E-state index is 11.1. The van der Waals surface area contributed by atoms with E-state index in [-0.39, 0.29) is 24.4 Å². The molecule has 84 valence electrons. The molecule has 0 heterocycles. The van der Waals surface area contributed by atoms with Gasteiger partial charge in [0.25, 0.3) is 0 Å². The van der Waals surface area contributed by atoms with Crippen molar-refractivity contribution in [2.45, 2.75) is 13.3 Å². The van der Waals surface area contributed by atoms with E-state index in [4.69, 9.17) is 10.2 Å². The van der Waals surface area contributed by atoms with Gasteiger partial charge in [0.1, 0.15) is 0 Å². The van der Waals surface area contributed by atoms with Gasteiger partial charge in [0.15, 0.2) is 0 Å². The number of esters is 1. The molecule has 0 unspecified atom stereocenters. The van der Waals surface area contributed by atoms with Crippen LogP contribution in [-0.4, -0.2) is 35.4 Å². The minimum atomic E-state index is -1.11. The van der Waals surface area contributed by atoms with Gasteiger partial charge in [-0.25, -0.2) is 9.59 Å². The van der Waals surface area contributed by atoms with E-state index in [1.807, 2.05) is 0 Å². The summed E-state index contributed by atoms with van der Waals surface area (Å²) in [5.74, 6) is -1.79. The number of rotatable bonds is 6. The summed E-state index contributed by atoms with van der Waals surface area (Å²) in [5.41, 5.74) is -0.00746. The molecular formula is C10H14O5. The SMILES string of the molecule is C=C(C=C(C)C(=O)O)C(=O)OCCCO. The Hall–Kier alpha value is -1.62. The van der Waals surface area contributed by atoms with E-state index in [2.05, 4.69) is 11.3 Å². The summed E-state index contributed by atoms with van der Waals surface area (Å²) in [6.45, 7) is 4.76. The number of carboxylic acid groups (broad SMARTS) is 1. The minimum absolute atomic E-state index is 0.0131. The van der Waals surface area contributed by atoms with E-state index < -0.39 is 11.9 Å². The Bertz CT molecular complexity index is 290. The smallest absolute Gasteiger partial charge is 0.337 e. The molecular weight excluding hydrogens is 200 g/mol. The number of carbonyl (C=O) groups excluding carboxylic acids is 1. The molecule has 0 aromatic heterocycles. The van der Waals surface area contributed by atoms with E-state index in [9.17, 15) is 9.59 Å². The quantitative estimate of drug-likeness (QED) is 0.291. The standard InChI is InChI=1S/C10H14O5/c1-7(9(12)13)6-8(2)10(14)15-5-3-4-11/h6,11H,2-5H2,1H3,(H,12,13). The predicted molar refractivity (Wildman–Crippen MR) is 53.2 cm³/mol. The monoisotopic (exact) mass is 214 g/mol. The van der Waals surface area contributed by atoms with Gasteiger partial charge in [0, 0.05) is 18.6 Å². The Morgan fingerprint density at radius 2 is 2.07 bits per heavy atom. The zero-order valence-electron chi connectivity index (χ0n) is 8.52. The van der Waals surface area contributed by atoms with Crippen molar-refractivity contribution in [3.05, 3.63) is 23.8 Å². The molecule has 0 aromatic rings. The van der Waals surface area contributed by atoms with Crippen LogP contribution in [0.15, 0.2) is 23.8 Å². The molecule has 0 amide bonds. The van der Waals surface area contributed by atoms with Crippen molar-refractivity contribution in [3.8, 4) is 0 Å². The predicted octanol–water partition coefficient (Wildman–Crippen LogP) is 0.499. The Morgan fingerprint density at radius 1 is 1.47 bits per heavy atom. The average molecular weight is 214 g/mol. The molecule has 0 aliphatic heterocycles. The van der Waals surface area contributed by atoms with Crippen molar-refractivity contribution in [1.82, 2.24) is 0 Å². The van der Waals surface area contributed by atoms with Crippen LogP contribution in [0.1, 0.15) is 13.3 Å². The largest absolute Gasteiger partial charge is 0.478 e. The van der Waals surface area contributed by atoms with E-state index in [0.29, 0.717) is 6.42 Å². The lowest BCUT2D eigenvalue weighted by molar-refractivity contribution is -0.138. The van der Waals surface area contributed by atoms with Crippen LogP contribution in [-0.2, 0) is 14.3 Å². The zero-order chi connectivity index (χ0) is 11.8. The Kier molecular flexibility index (Phi) is 6.05. The van der Waals surface area contributed by atoms with Crippen LogP contribution in [0, 0.1) is 0 Å². The van der Waals surface area contributed by atoms with Crippen LogP contribution >= 0.6 is 0 Å². The average Bonchev–Trinajstić information content (AvgIpc) is 2.17. The van der Waals surface area contributed by atoms with Gasteiger partial charge >= 0.3 is 11.9 Å². The summed E-state index contributed by atoms with van der Waals surface area (Å²) in [4.78, 5) is 21.6. The first kappa shape index (κ1) is 13.4. The molecule has 0 rings (SSSR count). The second-order valence-electron chi connectivity index (χ2n) is 2.87. The first-order valence-electron chi connectivity index (χ1n) is 4.37. The molecule has 0 bridgehead atoms. The van der Waals surface area contributed by atoms with Crippen LogP contribution in [0.5, 0.6) is 0 Å². The van der Waals surface area contributed by atoms with E-state index in [0.717, 1.165) is 6.08 Å². The van der Waals surface area contributed by atoms with Crippen LogP contribution < -0.4 is 0 Å². The maximum Gasteiger partial charge on any atom is 0.337 e. The van der Waals surface area contributed by atoms with Crippen molar-refractivity contribution in [1.29, 1.82) is 0 Å². The fraction of sp³-hybridized carbons (Fsp3) is 0.400. The zero-order valence-corrected chi connectivity index (χ0v) is 8.52. The van der Waals surface area contributed by atoms with Gasteiger partial charge in [-0.3, -0.25) is 0 Å². The fourth-order valence-corrected chi connectivity index (χ4v) is 0.704. The number of carbonyl (C=O) groups is 2. The van der Waals surface area contributed by atoms with Gasteiger partial charge in [-0.2, -0.15) is 0 Å². The van der Waals surface area contributed by atoms with Crippen molar-refractivity contribution in [2.75, 3.05) is 13.2 Å². The van der Waals surface area contributed by atoms with Crippen LogP contribution in [0.25, 0.3) is 0 Å². The molecule has 0 saturated carbocycles. The second kappa shape index (κ2) is 6.78. The molecule has 15 heavy (non-hydrogen) atoms. The van der Waals surface area contributed by atoms with Gasteiger partial charge in [-0.15, -0.1) is 0 Å². The number of ether oxygens (including phenoxy) is 1. The summed E-state index contributed by atoms with van der Waals surface area (Å²) in [6.07, 6.45) is 1.49. The second-order valence-corrected chi connectivity index (χ2v) is 2.87. The highest BCUT2D eigenvalue weighted by Gasteiger charge is 2.08. The topological polar surface area (TPSA) is 83.8 Å². The molecule has 5 heteroatoms. The van der Waals surface area contributed by atoms with Gasteiger partial charge in [0.2, 0.25) is 0 Å². The van der Waals surface area contributed by atoms with E-state index in [1.54, 1.807) is 0 Å². The molecule has 0 atom stereocenters. The van der Waals surface area contributed by atoms with E-state index >= 15 is 0 Å². The van der Waals surface area contributed by atoms with Crippen molar-refractivity contribution in [3.63, 3.8) is 0 Å². The summed E-state index contributed by atoms with van der Waals surface area (Å²) < 4.78 is 4.69. The highest BCUT2D eigenvalue weighted by atomic mass is 16.5. The fourth-order valence-electron chi connectivity index (χ4n) is 0.704. The molecule has 0 saturated heterocycles. The number of aliphatic hydroxyl groups is 1. The normalized spacial score (nSPS) is 10.9. The van der Waals surface area contributed by atoms with Gasteiger partial charge in [-0.1, -0.05) is 6.58 Å². The van der Waals surface area contributed by atoms with Crippen LogP contribution in [0.3, 0.4) is 0 Å². The van der Waals surface area contributed by atoms with Gasteiger partial charge in [-0.05, 0) is 13.0 Å². The highest BCUT2D eigenvalue weighted by molar-refractivity contribution is 5.94. The molecule has 0 aliphatic rings. The van der Waals surface area contributed by atoms with Crippen LogP contribution in [0.4, 0.5) is 0 Å². The van der Waals surface area contributed by atoms with Crippen LogP contribution in [0.2, 0.25) is 0 Å². The summed E-state index contributed by atoms with van der Waals surface area (Å²) in [5, 5.41) is 17.0. The third kappa shape index (κ3) is 5.64. The van der Waals surface area contributed by atoms with Crippen molar-refractivity contribution < 1.29 is 24.5 Å². The summed E-state index contributed by atoms with van der Waals surface area (Å²) in [6, 6.07) is 0. The summed E-state index contributed by atoms with van der Waals surface area (Å²) in [7, 11) is 0. The molecule has 2 N–H and O–H groups in total. The third-order valence-corrected chi connectivity index (χ3v) is 1.53. The molecule has 0 spiro atoms. The number of hydrogen-bond donors (Lipinski definition) is 2. The summed E-state index contributed by atoms with van der Waals surface area (Å²) >= 11 is 0. The molecule has 0 aromatic carbocycles. The first-order valence-corrected chi connectivity index (χ1v) is 4.37. The lowest BCUT2D eigenvalue weighted by atomic mass is 10.2. The number of carboxylic acids is 1. The lowest BCUT2D eigenvalue weighted by Crippen LogP contribution is -2.09. The maximum absolute atomic E-state index is 11.1. The minimum Gasteiger partial charge on any atom is -0.478 e. The first-order chi connectivity index (χ1) is 6.99. The third-order valence-electron chi connectivity index (χ3n) is 1.53. The van der Waals surface area contributed by atoms with E-state index in [1.165, 1.54) is 6.92 Å². The Morgan fingerprint density at radius 3 is 2.53 bits per heavy atom. The Labute approximate surface area is 87.7 Å². The molecule has 5 nitrogen and oxygen atoms in total. The molecule has 0 fully saturated rings. The van der Waals surface area contributed by atoms with Crippen molar-refractivity contribution >= 4 is 11.9 Å². The van der Waals surface area contributed by atoms with Gasteiger partial charge in [0.05, 0.1) is 12.2 Å². The van der Waals surface area contributed by atoms with Gasteiger partial charge < -0.3 is 14.9 Å². The molecule has 0 aliphatic carbocycles. The number of aliphatic hydroxyl groups excluding tert-OH is 1. The number of hydrogen-bond acceptors (Lipinski definition) is 4.